The number of aromatic nitrogens is 4. The maximum atomic E-state index is 13.5. The van der Waals surface area contributed by atoms with E-state index in [0.29, 0.717) is 42.3 Å². The molecule has 0 bridgehead atoms. The van der Waals surface area contributed by atoms with Crippen LogP contribution < -0.4 is 9.62 Å². The number of amides is 2. The summed E-state index contributed by atoms with van der Waals surface area (Å²) in [5.74, 6) is 1.46. The van der Waals surface area contributed by atoms with Crippen LogP contribution >= 0.6 is 10.8 Å². The number of carbonyl (C=O) groups is 2. The van der Waals surface area contributed by atoms with E-state index < -0.39 is 29.6 Å². The van der Waals surface area contributed by atoms with E-state index in [9.17, 15) is 23.1 Å². The average Bonchev–Trinajstić information content (AvgIpc) is 3.63. The van der Waals surface area contributed by atoms with Crippen molar-refractivity contribution >= 4 is 50.5 Å². The standard InChI is InChI=1S/C36H40FN7O5S/c1-21-14-26(44-11-3-13-50(44,48)49)7-8-27(21)29-9-6-24-16-32(43(33(24)39-29)19-22-4-5-22)34-40-30-17-28-23(15-31(30)41(34)2)10-12-42(35(28)45)20-25(18-37)38-36(46)47/h6-9,14-17,22,25,38,48-49H,3-5,10-13,18-20H2,1-2H3,(H,46,47). The van der Waals surface area contributed by atoms with Crippen LogP contribution in [0.5, 0.6) is 0 Å². The minimum Gasteiger partial charge on any atom is -0.465 e. The van der Waals surface area contributed by atoms with E-state index in [-0.39, 0.29) is 12.5 Å². The van der Waals surface area contributed by atoms with Crippen molar-refractivity contribution in [2.45, 2.75) is 45.2 Å². The molecular formula is C36H40FN7O5S. The number of nitrogens with zero attached hydrogens (tertiary/aromatic N) is 6. The highest BCUT2D eigenvalue weighted by atomic mass is 32.3. The molecule has 2 fully saturated rings. The summed E-state index contributed by atoms with van der Waals surface area (Å²) >= 11 is 0. The fourth-order valence-corrected chi connectivity index (χ4v) is 9.05. The van der Waals surface area contributed by atoms with Crippen LogP contribution in [0.2, 0.25) is 0 Å². The second kappa shape index (κ2) is 12.3. The van der Waals surface area contributed by atoms with Gasteiger partial charge in [0.25, 0.3) is 5.91 Å². The first-order valence-corrected chi connectivity index (χ1v) is 18.7. The normalized spacial score (nSPS) is 18.5. The van der Waals surface area contributed by atoms with E-state index in [0.717, 1.165) is 81.9 Å². The summed E-state index contributed by atoms with van der Waals surface area (Å²) in [6.45, 7) is 2.88. The van der Waals surface area contributed by atoms with Gasteiger partial charge in [0.15, 0.2) is 5.82 Å². The Labute approximate surface area is 290 Å². The van der Waals surface area contributed by atoms with Crippen molar-refractivity contribution in [3.63, 3.8) is 0 Å². The molecule has 8 rings (SSSR count). The summed E-state index contributed by atoms with van der Waals surface area (Å²) in [5.41, 5.74) is 8.40. The zero-order valence-corrected chi connectivity index (χ0v) is 28.8. The number of rotatable bonds is 9. The van der Waals surface area contributed by atoms with Gasteiger partial charge in [0.05, 0.1) is 39.9 Å². The molecule has 50 heavy (non-hydrogen) atoms. The Kier molecular flexibility index (Phi) is 7.99. The maximum Gasteiger partial charge on any atom is 0.405 e. The summed E-state index contributed by atoms with van der Waals surface area (Å²) in [6, 6.07) is 15.0. The molecule has 1 unspecified atom stereocenters. The summed E-state index contributed by atoms with van der Waals surface area (Å²) in [6.07, 6.45) is 2.32. The molecule has 5 heterocycles. The number of hydrogen-bond acceptors (Lipinski definition) is 7. The molecule has 1 saturated heterocycles. The Morgan fingerprint density at radius 3 is 2.60 bits per heavy atom. The Morgan fingerprint density at radius 2 is 1.90 bits per heavy atom. The number of hydrogen-bond donors (Lipinski definition) is 4. The largest absolute Gasteiger partial charge is 0.465 e. The molecule has 2 aromatic carbocycles. The van der Waals surface area contributed by atoms with Crippen LogP contribution in [0.15, 0.2) is 48.5 Å². The molecule has 1 atom stereocenters. The summed E-state index contributed by atoms with van der Waals surface area (Å²) in [7, 11) is -0.794. The third-order valence-corrected chi connectivity index (χ3v) is 12.2. The third-order valence-electron chi connectivity index (χ3n) is 10.2. The van der Waals surface area contributed by atoms with Crippen LogP contribution in [0.3, 0.4) is 0 Å². The fourth-order valence-electron chi connectivity index (χ4n) is 7.44. The Balaban J connectivity index is 1.15. The number of pyridine rings is 1. The first-order chi connectivity index (χ1) is 24.0. The van der Waals surface area contributed by atoms with E-state index in [1.807, 2.05) is 44.3 Å². The molecule has 3 aliphatic rings. The molecule has 12 nitrogen and oxygen atoms in total. The number of imidazole rings is 1. The average molecular weight is 702 g/mol. The molecule has 0 spiro atoms. The van der Waals surface area contributed by atoms with Gasteiger partial charge in [-0.1, -0.05) is 6.07 Å². The van der Waals surface area contributed by atoms with Crippen LogP contribution in [0.25, 0.3) is 44.8 Å². The van der Waals surface area contributed by atoms with Crippen molar-refractivity contribution in [1.82, 2.24) is 29.3 Å². The van der Waals surface area contributed by atoms with Gasteiger partial charge in [0.1, 0.15) is 12.3 Å². The monoisotopic (exact) mass is 701 g/mol. The number of carboxylic acid groups (broad SMARTS) is 1. The number of nitrogens with one attached hydrogen (secondary N) is 1. The minimum absolute atomic E-state index is 0.0437. The lowest BCUT2D eigenvalue weighted by Gasteiger charge is -2.38. The Morgan fingerprint density at radius 1 is 1.08 bits per heavy atom. The number of aryl methyl sites for hydroxylation is 2. The number of fused-ring (bicyclic) bond motifs is 3. The van der Waals surface area contributed by atoms with Gasteiger partial charge in [-0.3, -0.25) is 18.2 Å². The van der Waals surface area contributed by atoms with Gasteiger partial charge in [-0.25, -0.2) is 19.2 Å². The van der Waals surface area contributed by atoms with Crippen LogP contribution in [0, 0.1) is 12.8 Å². The third kappa shape index (κ3) is 5.74. The molecule has 1 aliphatic carbocycles. The van der Waals surface area contributed by atoms with Crippen molar-refractivity contribution in [1.29, 1.82) is 0 Å². The highest BCUT2D eigenvalue weighted by molar-refractivity contribution is 8.25. The van der Waals surface area contributed by atoms with Gasteiger partial charge >= 0.3 is 6.09 Å². The number of carbonyl (C=O) groups excluding carboxylic acids is 1. The van der Waals surface area contributed by atoms with Crippen LogP contribution in [0.1, 0.15) is 40.7 Å². The predicted octanol–water partition coefficient (Wildman–Crippen LogP) is 6.46. The molecule has 2 amide bonds. The fraction of sp³-hybridized carbons (Fsp3) is 0.389. The van der Waals surface area contributed by atoms with Crippen molar-refractivity contribution < 1.29 is 28.2 Å². The van der Waals surface area contributed by atoms with Gasteiger partial charge in [0.2, 0.25) is 0 Å². The predicted molar refractivity (Wildman–Crippen MR) is 193 cm³/mol. The first-order valence-electron chi connectivity index (χ1n) is 17.0. The molecule has 4 N–H and O–H groups in total. The van der Waals surface area contributed by atoms with E-state index in [1.165, 1.54) is 4.90 Å². The van der Waals surface area contributed by atoms with Crippen LogP contribution in [-0.4, -0.2) is 88.3 Å². The van der Waals surface area contributed by atoms with Crippen molar-refractivity contribution in [2.75, 3.05) is 36.4 Å². The SMILES string of the molecule is Cc1cc(N2CCCS2(O)O)ccc1-c1ccc2cc(-c3nc4cc5c(cc4n3C)CCN(CC(CF)NC(=O)O)C5=O)n(CC3CC3)c2n1. The first kappa shape index (κ1) is 32.5. The lowest BCUT2D eigenvalue weighted by atomic mass is 9.97. The second-order valence-corrected chi connectivity index (χ2v) is 15.9. The number of halogens is 1. The summed E-state index contributed by atoms with van der Waals surface area (Å²) in [4.78, 5) is 36.3. The van der Waals surface area contributed by atoms with E-state index in [4.69, 9.17) is 15.1 Å². The number of benzene rings is 2. The number of anilines is 1. The van der Waals surface area contributed by atoms with Gasteiger partial charge in [-0.2, -0.15) is 0 Å². The summed E-state index contributed by atoms with van der Waals surface area (Å²) in [5, 5.41) is 12.2. The molecule has 14 heteroatoms. The molecule has 0 radical (unpaired) electrons. The topological polar surface area (TPSA) is 149 Å². The van der Waals surface area contributed by atoms with Gasteiger partial charge < -0.3 is 24.5 Å². The van der Waals surface area contributed by atoms with Gasteiger partial charge in [-0.15, -0.1) is 10.8 Å². The lowest BCUT2D eigenvalue weighted by molar-refractivity contribution is 0.0714. The van der Waals surface area contributed by atoms with Crippen LogP contribution in [0.4, 0.5) is 14.9 Å². The van der Waals surface area contributed by atoms with Crippen molar-refractivity contribution in [2.24, 2.45) is 13.0 Å². The van der Waals surface area contributed by atoms with E-state index >= 15 is 0 Å². The minimum atomic E-state index is -2.78. The highest BCUT2D eigenvalue weighted by Gasteiger charge is 2.31. The second-order valence-electron chi connectivity index (χ2n) is 13.8. The summed E-state index contributed by atoms with van der Waals surface area (Å²) < 4.78 is 40.6. The van der Waals surface area contributed by atoms with Crippen molar-refractivity contribution in [3.8, 4) is 22.8 Å². The Hall–Kier alpha value is -4.66. The van der Waals surface area contributed by atoms with Crippen molar-refractivity contribution in [3.05, 3.63) is 65.2 Å². The smallest absolute Gasteiger partial charge is 0.405 e. The van der Waals surface area contributed by atoms with Gasteiger partial charge in [-0.05, 0) is 92.1 Å². The molecule has 262 valence electrons. The molecule has 3 aromatic heterocycles. The molecule has 1 saturated carbocycles. The number of alkyl halides is 1. The molecular weight excluding hydrogens is 662 g/mol. The molecule has 2 aliphatic heterocycles. The highest BCUT2D eigenvalue weighted by Crippen LogP contribution is 2.51. The van der Waals surface area contributed by atoms with E-state index in [2.05, 4.69) is 26.6 Å². The Bertz CT molecular complexity index is 2180. The maximum absolute atomic E-state index is 13.5. The quantitative estimate of drug-likeness (QED) is 0.137. The lowest BCUT2D eigenvalue weighted by Crippen LogP contribution is -2.48. The van der Waals surface area contributed by atoms with Crippen LogP contribution in [-0.2, 0) is 20.0 Å². The zero-order chi connectivity index (χ0) is 34.9. The zero-order valence-electron chi connectivity index (χ0n) is 28.0. The van der Waals surface area contributed by atoms with E-state index in [1.54, 1.807) is 10.4 Å². The van der Waals surface area contributed by atoms with Gasteiger partial charge in [0, 0.05) is 49.7 Å². The molecule has 5 aromatic rings.